The molecule has 0 atom stereocenters. The molecule has 0 aromatic heterocycles. The van der Waals surface area contributed by atoms with E-state index in [1.165, 1.54) is 12.1 Å². The summed E-state index contributed by atoms with van der Waals surface area (Å²) in [5.41, 5.74) is 0.847. The lowest BCUT2D eigenvalue weighted by molar-refractivity contribution is -0.268. The summed E-state index contributed by atoms with van der Waals surface area (Å²) in [6.45, 7) is 0. The molecule has 28 heavy (non-hydrogen) atoms. The molecule has 2 N–H and O–H groups in total. The quantitative estimate of drug-likeness (QED) is 0.614. The summed E-state index contributed by atoms with van der Waals surface area (Å²) in [7, 11) is -4.06. The van der Waals surface area contributed by atoms with Crippen LogP contribution in [-0.4, -0.2) is 19.5 Å². The predicted molar refractivity (Wildman–Crippen MR) is 101 cm³/mol. The number of benzene rings is 3. The number of sulfonamides is 1. The number of carbonyl (C=O) groups is 1. The molecule has 0 radical (unpaired) electrons. The van der Waals surface area contributed by atoms with Crippen LogP contribution in [-0.2, 0) is 10.0 Å². The summed E-state index contributed by atoms with van der Waals surface area (Å²) in [4.78, 5) is 10.7. The van der Waals surface area contributed by atoms with Gasteiger partial charge in [-0.1, -0.05) is 30.0 Å². The highest BCUT2D eigenvalue weighted by atomic mass is 32.2. The highest BCUT2D eigenvalue weighted by Crippen LogP contribution is 2.24. The van der Waals surface area contributed by atoms with Crippen molar-refractivity contribution in [3.05, 3.63) is 78.4 Å². The fourth-order valence-electron chi connectivity index (χ4n) is 2.26. The average Bonchev–Trinajstić information content (AvgIpc) is 2.68. The Kier molecular flexibility index (Phi) is 5.37. The van der Waals surface area contributed by atoms with Crippen molar-refractivity contribution >= 4 is 33.1 Å². The molecular weight excluding hydrogens is 382 g/mol. The zero-order valence-corrected chi connectivity index (χ0v) is 15.1. The molecule has 3 aromatic rings. The normalized spacial score (nSPS) is 11.4. The third-order valence-electron chi connectivity index (χ3n) is 3.65. The van der Waals surface area contributed by atoms with Gasteiger partial charge in [0.2, 0.25) is 0 Å². The van der Waals surface area contributed by atoms with E-state index in [-0.39, 0.29) is 10.6 Å². The Labute approximate surface area is 160 Å². The topological polar surface area (TPSA) is 131 Å². The lowest BCUT2D eigenvalue weighted by Gasteiger charge is -2.13. The van der Waals surface area contributed by atoms with E-state index in [2.05, 4.69) is 15.0 Å². The van der Waals surface area contributed by atoms with E-state index in [0.717, 1.165) is 18.2 Å². The second-order valence-electron chi connectivity index (χ2n) is 5.65. The number of carboxylic acids is 1. The highest BCUT2D eigenvalue weighted by molar-refractivity contribution is 7.92. The largest absolute Gasteiger partial charge is 0.872 e. The van der Waals surface area contributed by atoms with E-state index < -0.39 is 27.3 Å². The van der Waals surface area contributed by atoms with Crippen LogP contribution >= 0.6 is 0 Å². The van der Waals surface area contributed by atoms with Crippen molar-refractivity contribution in [3.8, 4) is 5.75 Å². The molecule has 0 aliphatic carbocycles. The van der Waals surface area contributed by atoms with Crippen LogP contribution < -0.4 is 9.83 Å². The summed E-state index contributed by atoms with van der Waals surface area (Å²) in [5, 5.41) is 28.6. The molecule has 9 heteroatoms. The molecule has 0 aliphatic heterocycles. The van der Waals surface area contributed by atoms with Crippen molar-refractivity contribution < 1.29 is 23.4 Å². The Morgan fingerprint density at radius 2 is 1.50 bits per heavy atom. The summed E-state index contributed by atoms with van der Waals surface area (Å²) >= 11 is 0. The standard InChI is InChI=1S/C19H15N3O5S/c23-18-11-10-16(12-17(18)19(24)25)28(26,27)22-15-8-6-14(7-9-15)21-20-13-4-2-1-3-5-13/h1-12,22-23H,(H,24,25)/p-1. The van der Waals surface area contributed by atoms with Gasteiger partial charge in [-0.2, -0.15) is 10.2 Å². The van der Waals surface area contributed by atoms with Gasteiger partial charge in [0.15, 0.2) is 0 Å². The maximum absolute atomic E-state index is 12.4. The van der Waals surface area contributed by atoms with Crippen LogP contribution in [0.15, 0.2) is 87.9 Å². The van der Waals surface area contributed by atoms with Crippen molar-refractivity contribution in [2.24, 2.45) is 10.2 Å². The minimum absolute atomic E-state index is 0.252. The lowest BCUT2D eigenvalue weighted by Crippen LogP contribution is -2.14. The second kappa shape index (κ2) is 7.89. The molecule has 0 amide bonds. The minimum atomic E-state index is -4.06. The Bertz CT molecular complexity index is 1130. The fraction of sp³-hybridized carbons (Fsp3) is 0. The van der Waals surface area contributed by atoms with Crippen LogP contribution in [0.4, 0.5) is 17.1 Å². The van der Waals surface area contributed by atoms with Gasteiger partial charge in [0.1, 0.15) is 0 Å². The SMILES string of the molecule is O=C(O)c1cc(S(=O)(=O)Nc2ccc(N=Nc3ccccc3)cc2)ccc1[O-]. The smallest absolute Gasteiger partial charge is 0.335 e. The van der Waals surface area contributed by atoms with Crippen molar-refractivity contribution in [2.45, 2.75) is 4.90 Å². The van der Waals surface area contributed by atoms with Crippen LogP contribution in [0.5, 0.6) is 5.75 Å². The van der Waals surface area contributed by atoms with Crippen LogP contribution in [0.1, 0.15) is 10.4 Å². The first-order valence-corrected chi connectivity index (χ1v) is 9.47. The number of carboxylic acid groups (broad SMARTS) is 1. The molecule has 3 rings (SSSR count). The predicted octanol–water partition coefficient (Wildman–Crippen LogP) is 3.67. The van der Waals surface area contributed by atoms with E-state index in [1.807, 2.05) is 18.2 Å². The highest BCUT2D eigenvalue weighted by Gasteiger charge is 2.17. The number of anilines is 1. The maximum atomic E-state index is 12.4. The van der Waals surface area contributed by atoms with Gasteiger partial charge in [0, 0.05) is 5.69 Å². The first-order valence-electron chi connectivity index (χ1n) is 7.99. The molecule has 0 saturated carbocycles. The van der Waals surface area contributed by atoms with E-state index in [1.54, 1.807) is 24.3 Å². The monoisotopic (exact) mass is 396 g/mol. The van der Waals surface area contributed by atoms with Crippen LogP contribution in [0.2, 0.25) is 0 Å². The number of nitrogens with one attached hydrogen (secondary N) is 1. The van der Waals surface area contributed by atoms with E-state index in [4.69, 9.17) is 5.11 Å². The first kappa shape index (κ1) is 19.1. The summed E-state index contributed by atoms with van der Waals surface area (Å²) in [6, 6.07) is 18.1. The van der Waals surface area contributed by atoms with Gasteiger partial charge in [0.25, 0.3) is 10.0 Å². The number of aromatic carboxylic acids is 1. The van der Waals surface area contributed by atoms with Gasteiger partial charge < -0.3 is 10.2 Å². The summed E-state index contributed by atoms with van der Waals surface area (Å²) in [5.74, 6) is -2.25. The molecule has 0 heterocycles. The number of azo groups is 1. The molecule has 0 unspecified atom stereocenters. The molecule has 0 bridgehead atoms. The maximum Gasteiger partial charge on any atom is 0.335 e. The van der Waals surface area contributed by atoms with Crippen LogP contribution in [0.3, 0.4) is 0 Å². The zero-order chi connectivity index (χ0) is 20.1. The van der Waals surface area contributed by atoms with Gasteiger partial charge in [-0.15, -0.1) is 0 Å². The Morgan fingerprint density at radius 3 is 2.11 bits per heavy atom. The lowest BCUT2D eigenvalue weighted by atomic mass is 10.2. The van der Waals surface area contributed by atoms with E-state index in [0.29, 0.717) is 11.4 Å². The molecule has 0 fully saturated rings. The number of hydrogen-bond acceptors (Lipinski definition) is 6. The van der Waals surface area contributed by atoms with Crippen molar-refractivity contribution in [2.75, 3.05) is 4.72 Å². The summed E-state index contributed by atoms with van der Waals surface area (Å²) in [6.07, 6.45) is 0. The second-order valence-corrected chi connectivity index (χ2v) is 7.33. The van der Waals surface area contributed by atoms with Gasteiger partial charge in [-0.3, -0.25) is 4.72 Å². The van der Waals surface area contributed by atoms with Gasteiger partial charge in [-0.05, 0) is 48.5 Å². The van der Waals surface area contributed by atoms with E-state index >= 15 is 0 Å². The Morgan fingerprint density at radius 1 is 0.893 bits per heavy atom. The third kappa shape index (κ3) is 4.51. The molecule has 8 nitrogen and oxygen atoms in total. The summed E-state index contributed by atoms with van der Waals surface area (Å²) < 4.78 is 27.2. The third-order valence-corrected chi connectivity index (χ3v) is 5.03. The van der Waals surface area contributed by atoms with E-state index in [9.17, 15) is 18.3 Å². The van der Waals surface area contributed by atoms with Crippen molar-refractivity contribution in [1.82, 2.24) is 0 Å². The zero-order valence-electron chi connectivity index (χ0n) is 14.3. The molecule has 0 aliphatic rings. The van der Waals surface area contributed by atoms with Crippen LogP contribution in [0.25, 0.3) is 0 Å². The molecular formula is C19H14N3O5S-. The number of nitrogens with zero attached hydrogens (tertiary/aromatic N) is 2. The molecule has 142 valence electrons. The average molecular weight is 396 g/mol. The number of rotatable bonds is 6. The Balaban J connectivity index is 1.77. The fourth-order valence-corrected chi connectivity index (χ4v) is 3.35. The van der Waals surface area contributed by atoms with Crippen molar-refractivity contribution in [1.29, 1.82) is 0 Å². The van der Waals surface area contributed by atoms with Crippen LogP contribution in [0, 0.1) is 0 Å². The van der Waals surface area contributed by atoms with Gasteiger partial charge >= 0.3 is 5.97 Å². The number of hydrogen-bond donors (Lipinski definition) is 2. The minimum Gasteiger partial charge on any atom is -0.872 e. The Hall–Kier alpha value is -3.72. The van der Waals surface area contributed by atoms with Crippen molar-refractivity contribution in [3.63, 3.8) is 0 Å². The van der Waals surface area contributed by atoms with Gasteiger partial charge in [0.05, 0.1) is 21.8 Å². The molecule has 3 aromatic carbocycles. The molecule has 0 saturated heterocycles. The molecule has 0 spiro atoms. The van der Waals surface area contributed by atoms with Gasteiger partial charge in [-0.25, -0.2) is 13.2 Å². The first-order chi connectivity index (χ1) is 13.3.